The molecule has 2 aromatic heterocycles. The van der Waals surface area contributed by atoms with Crippen LogP contribution in [0.25, 0.3) is 11.3 Å². The molecule has 1 saturated carbocycles. The Morgan fingerprint density at radius 1 is 1.12 bits per heavy atom. The smallest absolute Gasteiger partial charge is 0.214 e. The summed E-state index contributed by atoms with van der Waals surface area (Å²) in [5.41, 5.74) is 4.74. The Hall–Kier alpha value is -3.19. The van der Waals surface area contributed by atoms with E-state index in [1.807, 2.05) is 48.2 Å². The Labute approximate surface area is 195 Å². The first-order valence-corrected chi connectivity index (χ1v) is 11.7. The molecule has 0 unspecified atom stereocenters. The molecule has 174 valence electrons. The third kappa shape index (κ3) is 5.25. The molecule has 3 heterocycles. The fraction of sp³-hybridized carbons (Fsp3) is 0.423. The topological polar surface area (TPSA) is 72.3 Å². The van der Waals surface area contributed by atoms with Crippen molar-refractivity contribution in [1.29, 1.82) is 0 Å². The molecule has 5 rings (SSSR count). The third-order valence-electron chi connectivity index (χ3n) is 6.26. The van der Waals surface area contributed by atoms with Gasteiger partial charge in [0, 0.05) is 36.7 Å². The highest BCUT2D eigenvalue weighted by molar-refractivity contribution is 5.89. The van der Waals surface area contributed by atoms with Crippen LogP contribution in [0.15, 0.2) is 48.8 Å². The number of aromatic nitrogens is 3. The number of ether oxygens (including phenoxy) is 1. The van der Waals surface area contributed by atoms with Gasteiger partial charge < -0.3 is 15.0 Å². The van der Waals surface area contributed by atoms with Gasteiger partial charge in [0.2, 0.25) is 6.41 Å². The van der Waals surface area contributed by atoms with Crippen LogP contribution in [0.2, 0.25) is 0 Å². The number of amides is 1. The summed E-state index contributed by atoms with van der Waals surface area (Å²) in [6.45, 7) is 4.68. The number of carbonyl (C=O) groups is 1. The van der Waals surface area contributed by atoms with E-state index in [-0.39, 0.29) is 6.04 Å². The molecule has 0 spiro atoms. The monoisotopic (exact) mass is 447 g/mol. The van der Waals surface area contributed by atoms with Gasteiger partial charge in [-0.1, -0.05) is 31.4 Å². The van der Waals surface area contributed by atoms with Gasteiger partial charge in [-0.2, -0.15) is 5.10 Å². The van der Waals surface area contributed by atoms with E-state index in [9.17, 15) is 4.79 Å². The van der Waals surface area contributed by atoms with Crippen molar-refractivity contribution < 1.29 is 9.53 Å². The summed E-state index contributed by atoms with van der Waals surface area (Å²) in [5.74, 6) is 0.785. The summed E-state index contributed by atoms with van der Waals surface area (Å²) in [7, 11) is 1.82. The number of rotatable bonds is 4. The van der Waals surface area contributed by atoms with Gasteiger partial charge in [0.15, 0.2) is 0 Å². The van der Waals surface area contributed by atoms with E-state index in [0.29, 0.717) is 12.6 Å². The number of benzene rings is 1. The number of nitrogens with one attached hydrogen (secondary N) is 1. The number of methoxy groups -OCH3 is 1. The molecule has 1 amide bonds. The molecule has 0 saturated heterocycles. The average molecular weight is 448 g/mol. The first-order chi connectivity index (χ1) is 16.1. The Morgan fingerprint density at radius 3 is 2.64 bits per heavy atom. The summed E-state index contributed by atoms with van der Waals surface area (Å²) >= 11 is 0. The molecular weight excluding hydrogens is 414 g/mol. The number of hydrogen-bond donors (Lipinski definition) is 1. The number of anilines is 3. The zero-order valence-electron chi connectivity index (χ0n) is 19.7. The number of carbonyl (C=O) groups excluding carboxylic acids is 1. The molecule has 0 bridgehead atoms. The van der Waals surface area contributed by atoms with Crippen LogP contribution in [0.3, 0.4) is 0 Å². The van der Waals surface area contributed by atoms with E-state index < -0.39 is 0 Å². The lowest BCUT2D eigenvalue weighted by Gasteiger charge is -2.19. The van der Waals surface area contributed by atoms with Crippen LogP contribution in [-0.4, -0.2) is 34.4 Å². The lowest BCUT2D eigenvalue weighted by atomic mass is 9.98. The van der Waals surface area contributed by atoms with E-state index in [0.717, 1.165) is 40.4 Å². The second kappa shape index (κ2) is 10.6. The number of fused-ring (bicyclic) bond motifs is 2. The second-order valence-electron chi connectivity index (χ2n) is 8.85. The van der Waals surface area contributed by atoms with Gasteiger partial charge in [0.05, 0.1) is 29.7 Å². The summed E-state index contributed by atoms with van der Waals surface area (Å²) < 4.78 is 7.17. The lowest BCUT2D eigenvalue weighted by Crippen LogP contribution is -2.19. The average Bonchev–Trinajstić information content (AvgIpc) is 3.29. The van der Waals surface area contributed by atoms with Crippen LogP contribution >= 0.6 is 0 Å². The third-order valence-corrected chi connectivity index (χ3v) is 6.26. The van der Waals surface area contributed by atoms with Gasteiger partial charge in [-0.05, 0) is 51.0 Å². The van der Waals surface area contributed by atoms with Crippen molar-refractivity contribution >= 4 is 23.6 Å². The van der Waals surface area contributed by atoms with Crippen molar-refractivity contribution in [2.75, 3.05) is 17.3 Å². The SMILES string of the molecule is CC(C)n1nccc1-c1ccc2c(c1)N(C=O)Cc1cccnc1N2.COC1CCCCC1. The highest BCUT2D eigenvalue weighted by Crippen LogP contribution is 2.37. The molecule has 7 nitrogen and oxygen atoms in total. The molecular formula is C26H33N5O2. The van der Waals surface area contributed by atoms with E-state index in [1.165, 1.54) is 32.1 Å². The molecule has 33 heavy (non-hydrogen) atoms. The maximum Gasteiger partial charge on any atom is 0.214 e. The second-order valence-corrected chi connectivity index (χ2v) is 8.85. The van der Waals surface area contributed by atoms with Gasteiger partial charge >= 0.3 is 0 Å². The van der Waals surface area contributed by atoms with Gasteiger partial charge in [0.1, 0.15) is 5.82 Å². The van der Waals surface area contributed by atoms with E-state index in [1.54, 1.807) is 17.3 Å². The first-order valence-electron chi connectivity index (χ1n) is 11.7. The first kappa shape index (κ1) is 23.0. The van der Waals surface area contributed by atoms with Crippen molar-refractivity contribution in [2.24, 2.45) is 0 Å². The molecule has 3 aromatic rings. The zero-order valence-corrected chi connectivity index (χ0v) is 19.7. The van der Waals surface area contributed by atoms with Gasteiger partial charge in [-0.3, -0.25) is 9.48 Å². The lowest BCUT2D eigenvalue weighted by molar-refractivity contribution is -0.107. The summed E-state index contributed by atoms with van der Waals surface area (Å²) in [5, 5.41) is 7.75. The Morgan fingerprint density at radius 2 is 1.94 bits per heavy atom. The molecule has 2 aliphatic rings. The van der Waals surface area contributed by atoms with Crippen molar-refractivity contribution in [2.45, 2.75) is 64.6 Å². The maximum atomic E-state index is 11.7. The summed E-state index contributed by atoms with van der Waals surface area (Å²) in [4.78, 5) is 17.8. The number of pyridine rings is 1. The van der Waals surface area contributed by atoms with Crippen LogP contribution in [0, 0.1) is 0 Å². The van der Waals surface area contributed by atoms with Crippen molar-refractivity contribution in [3.05, 3.63) is 54.4 Å². The maximum absolute atomic E-state index is 11.7. The molecule has 1 N–H and O–H groups in total. The van der Waals surface area contributed by atoms with Gasteiger partial charge in [-0.25, -0.2) is 4.98 Å². The van der Waals surface area contributed by atoms with E-state index in [4.69, 9.17) is 4.74 Å². The quantitative estimate of drug-likeness (QED) is 0.519. The van der Waals surface area contributed by atoms with Crippen LogP contribution in [0.4, 0.5) is 17.2 Å². The fourth-order valence-electron chi connectivity index (χ4n) is 4.46. The molecule has 1 aromatic carbocycles. The van der Waals surface area contributed by atoms with Crippen LogP contribution in [0.1, 0.15) is 57.6 Å². The molecule has 1 aliphatic carbocycles. The van der Waals surface area contributed by atoms with Crippen LogP contribution in [-0.2, 0) is 16.1 Å². The molecule has 0 radical (unpaired) electrons. The molecule has 1 fully saturated rings. The predicted molar refractivity (Wildman–Crippen MR) is 132 cm³/mol. The van der Waals surface area contributed by atoms with Crippen LogP contribution in [0.5, 0.6) is 0 Å². The minimum Gasteiger partial charge on any atom is -0.381 e. The molecule has 1 aliphatic heterocycles. The Kier molecular flexibility index (Phi) is 7.40. The summed E-state index contributed by atoms with van der Waals surface area (Å²) in [6, 6.07) is 12.2. The standard InChI is InChI=1S/C19H19N5O.C7H14O/c1-13(2)24-17(7-9-21-24)14-5-6-16-18(10-14)23(12-25)11-15-4-3-8-20-19(15)22-16;1-8-7-5-3-2-4-6-7/h3-10,12-13H,11H2,1-2H3,(H,20,22);7H,2-6H2,1H3. The van der Waals surface area contributed by atoms with E-state index >= 15 is 0 Å². The number of hydrogen-bond acceptors (Lipinski definition) is 5. The molecule has 0 atom stereocenters. The normalized spacial score (nSPS) is 15.6. The fourth-order valence-corrected chi connectivity index (χ4v) is 4.46. The Bertz CT molecular complexity index is 1070. The van der Waals surface area contributed by atoms with Gasteiger partial charge in [0.25, 0.3) is 0 Å². The van der Waals surface area contributed by atoms with Gasteiger partial charge in [-0.15, -0.1) is 0 Å². The summed E-state index contributed by atoms with van der Waals surface area (Å²) in [6.07, 6.45) is 11.7. The minimum absolute atomic E-state index is 0.262. The zero-order chi connectivity index (χ0) is 23.2. The van der Waals surface area contributed by atoms with Crippen molar-refractivity contribution in [3.8, 4) is 11.3 Å². The van der Waals surface area contributed by atoms with Crippen molar-refractivity contribution in [1.82, 2.24) is 14.8 Å². The van der Waals surface area contributed by atoms with Crippen molar-refractivity contribution in [3.63, 3.8) is 0 Å². The highest BCUT2D eigenvalue weighted by atomic mass is 16.5. The van der Waals surface area contributed by atoms with Crippen LogP contribution < -0.4 is 10.2 Å². The predicted octanol–water partition coefficient (Wildman–Crippen LogP) is 5.71. The van der Waals surface area contributed by atoms with E-state index in [2.05, 4.69) is 29.2 Å². The largest absolute Gasteiger partial charge is 0.381 e. The Balaban J connectivity index is 0.000000275. The minimum atomic E-state index is 0.262. The number of nitrogens with zero attached hydrogens (tertiary/aromatic N) is 4. The highest BCUT2D eigenvalue weighted by Gasteiger charge is 2.20. The molecule has 7 heteroatoms.